The maximum Gasteiger partial charge on any atom is 0.195 e. The van der Waals surface area contributed by atoms with Gasteiger partial charge < -0.3 is 9.05 Å². The van der Waals surface area contributed by atoms with Gasteiger partial charge in [-0.15, -0.1) is 0 Å². The summed E-state index contributed by atoms with van der Waals surface area (Å²) in [5.74, 6) is 0.747. The fraction of sp³-hybridized carbons (Fsp3) is 0.400. The minimum atomic E-state index is -0.0328. The molecule has 0 saturated carbocycles. The second-order valence-corrected chi connectivity index (χ2v) is 6.60. The molecule has 0 amide bonds. The zero-order valence-electron chi connectivity index (χ0n) is 15.7. The van der Waals surface area contributed by atoms with Crippen LogP contribution in [0.4, 0.5) is 0 Å². The third-order valence-corrected chi connectivity index (χ3v) is 4.59. The van der Waals surface area contributed by atoms with Gasteiger partial charge in [0.05, 0.1) is 20.9 Å². The zero-order valence-corrected chi connectivity index (χ0v) is 18.9. The van der Waals surface area contributed by atoms with Gasteiger partial charge in [-0.1, -0.05) is 75.0 Å². The Morgan fingerprint density at radius 1 is 1.04 bits per heavy atom. The van der Waals surface area contributed by atoms with Gasteiger partial charge >= 0.3 is 0 Å². The molecule has 6 heteroatoms. The summed E-state index contributed by atoms with van der Waals surface area (Å²) in [6.07, 6.45) is 24.4. The summed E-state index contributed by atoms with van der Waals surface area (Å²) in [4.78, 5) is 0. The highest BCUT2D eigenvalue weighted by Crippen LogP contribution is 2.25. The number of hydrogen-bond donors (Lipinski definition) is 0. The minimum absolute atomic E-state index is 0.0328. The van der Waals surface area contributed by atoms with Crippen molar-refractivity contribution >= 4 is 27.4 Å². The van der Waals surface area contributed by atoms with E-state index in [1.807, 2.05) is 48.6 Å². The van der Waals surface area contributed by atoms with Gasteiger partial charge in [-0.3, -0.25) is 4.57 Å². The van der Waals surface area contributed by atoms with Crippen LogP contribution >= 0.6 is 27.4 Å². The van der Waals surface area contributed by atoms with E-state index < -0.39 is 0 Å². The first-order valence-corrected chi connectivity index (χ1v) is 10.6. The van der Waals surface area contributed by atoms with Crippen LogP contribution in [0.5, 0.6) is 0 Å². The van der Waals surface area contributed by atoms with Crippen molar-refractivity contribution in [2.45, 2.75) is 52.1 Å². The zero-order chi connectivity index (χ0) is 19.5. The lowest BCUT2D eigenvalue weighted by Crippen LogP contribution is -2.00. The van der Waals surface area contributed by atoms with Crippen LogP contribution in [0.25, 0.3) is 0 Å². The summed E-state index contributed by atoms with van der Waals surface area (Å²) in [5.41, 5.74) is 0. The molecule has 0 aliphatic heterocycles. The van der Waals surface area contributed by atoms with Gasteiger partial charge in [-0.05, 0) is 25.3 Å². The summed E-state index contributed by atoms with van der Waals surface area (Å²) >= 11 is 0. The molecule has 3 nitrogen and oxygen atoms in total. The van der Waals surface area contributed by atoms with Crippen molar-refractivity contribution in [2.24, 2.45) is 0 Å². The van der Waals surface area contributed by atoms with Crippen LogP contribution in [-0.2, 0) is 13.6 Å². The highest BCUT2D eigenvalue weighted by Gasteiger charge is 2.04. The third kappa shape index (κ3) is 13.4. The molecule has 0 N–H and O–H groups in total. The van der Waals surface area contributed by atoms with Gasteiger partial charge in [0, 0.05) is 15.9 Å². The molecular formula is C20H31O3P3. The summed E-state index contributed by atoms with van der Waals surface area (Å²) < 4.78 is 21.9. The predicted octanol–water partition coefficient (Wildman–Crippen LogP) is 7.24. The van der Waals surface area contributed by atoms with Crippen molar-refractivity contribution in [3.05, 3.63) is 71.8 Å². The lowest BCUT2D eigenvalue weighted by atomic mass is 10.2. The Bertz CT molecular complexity index is 547. The SMILES string of the molecule is CC/C=C\CC(/C=C/C=C\C=C\C=C\C(P=O)=C(/CCCC)OP)OP. The lowest BCUT2D eigenvalue weighted by molar-refractivity contribution is 0.298. The van der Waals surface area contributed by atoms with Crippen LogP contribution in [0.15, 0.2) is 71.8 Å². The van der Waals surface area contributed by atoms with Gasteiger partial charge in [0.1, 0.15) is 5.76 Å². The van der Waals surface area contributed by atoms with Crippen molar-refractivity contribution in [2.75, 3.05) is 0 Å². The van der Waals surface area contributed by atoms with Gasteiger partial charge in [0.2, 0.25) is 0 Å². The summed E-state index contributed by atoms with van der Waals surface area (Å²) in [7, 11) is 4.51. The van der Waals surface area contributed by atoms with Crippen LogP contribution in [0.2, 0.25) is 0 Å². The molecule has 0 bridgehead atoms. The highest BCUT2D eigenvalue weighted by molar-refractivity contribution is 7.29. The maximum absolute atomic E-state index is 11.3. The number of hydrogen-bond acceptors (Lipinski definition) is 3. The van der Waals surface area contributed by atoms with E-state index in [1.165, 1.54) is 0 Å². The van der Waals surface area contributed by atoms with Crippen molar-refractivity contribution in [3.63, 3.8) is 0 Å². The van der Waals surface area contributed by atoms with Crippen molar-refractivity contribution < 1.29 is 13.6 Å². The maximum atomic E-state index is 11.3. The molecular weight excluding hydrogens is 381 g/mol. The molecule has 0 radical (unpaired) electrons. The molecule has 0 aliphatic carbocycles. The largest absolute Gasteiger partial charge is 0.484 e. The Balaban J connectivity index is 4.54. The quantitative estimate of drug-likeness (QED) is 0.131. The van der Waals surface area contributed by atoms with Crippen LogP contribution in [0.3, 0.4) is 0 Å². The van der Waals surface area contributed by atoms with Crippen molar-refractivity contribution in [1.82, 2.24) is 0 Å². The molecule has 0 spiro atoms. The number of allylic oxidation sites excluding steroid dienone is 10. The molecule has 0 aromatic carbocycles. The first-order valence-electron chi connectivity index (χ1n) is 8.85. The summed E-state index contributed by atoms with van der Waals surface area (Å²) in [5, 5.41) is 0.669. The lowest BCUT2D eigenvalue weighted by Gasteiger charge is -2.06. The molecule has 3 atom stereocenters. The second-order valence-electron chi connectivity index (χ2n) is 5.42. The summed E-state index contributed by atoms with van der Waals surface area (Å²) in [6.45, 7) is 4.23. The molecule has 0 fully saturated rings. The van der Waals surface area contributed by atoms with E-state index in [9.17, 15) is 4.57 Å². The molecule has 0 saturated heterocycles. The van der Waals surface area contributed by atoms with E-state index in [0.717, 1.165) is 37.9 Å². The monoisotopic (exact) mass is 412 g/mol. The molecule has 0 aliphatic rings. The topological polar surface area (TPSA) is 35.5 Å². The molecule has 26 heavy (non-hydrogen) atoms. The number of unbranched alkanes of at least 4 members (excludes halogenated alkanes) is 1. The summed E-state index contributed by atoms with van der Waals surface area (Å²) in [6, 6.07) is 0. The molecule has 144 valence electrons. The average Bonchev–Trinajstić information content (AvgIpc) is 2.67. The Labute approximate surface area is 165 Å². The van der Waals surface area contributed by atoms with Gasteiger partial charge in [-0.25, -0.2) is 0 Å². The third-order valence-electron chi connectivity index (χ3n) is 3.36. The number of rotatable bonds is 14. The molecule has 3 unspecified atom stereocenters. The fourth-order valence-corrected chi connectivity index (χ4v) is 2.89. The van der Waals surface area contributed by atoms with Gasteiger partial charge in [0.25, 0.3) is 0 Å². The van der Waals surface area contributed by atoms with Gasteiger partial charge in [0.15, 0.2) is 8.46 Å². The normalized spacial score (nSPS) is 15.2. The second kappa shape index (κ2) is 18.9. The first kappa shape index (κ1) is 25.2. The average molecular weight is 412 g/mol. The molecule has 0 heterocycles. The van der Waals surface area contributed by atoms with Crippen molar-refractivity contribution in [1.29, 1.82) is 0 Å². The minimum Gasteiger partial charge on any atom is -0.484 e. The van der Waals surface area contributed by atoms with Crippen LogP contribution in [0.1, 0.15) is 46.0 Å². The van der Waals surface area contributed by atoms with Crippen LogP contribution in [-0.4, -0.2) is 6.10 Å². The van der Waals surface area contributed by atoms with E-state index in [-0.39, 0.29) is 14.6 Å². The highest BCUT2D eigenvalue weighted by atomic mass is 31.1. The molecule has 0 aromatic rings. The molecule has 0 rings (SSSR count). The van der Waals surface area contributed by atoms with E-state index in [1.54, 1.807) is 0 Å². The Morgan fingerprint density at radius 2 is 1.73 bits per heavy atom. The van der Waals surface area contributed by atoms with Crippen molar-refractivity contribution in [3.8, 4) is 0 Å². The molecule has 0 aromatic heterocycles. The van der Waals surface area contributed by atoms with E-state index in [2.05, 4.69) is 44.9 Å². The van der Waals surface area contributed by atoms with E-state index in [0.29, 0.717) is 5.31 Å². The Hall–Kier alpha value is -0.840. The first-order chi connectivity index (χ1) is 12.7. The smallest absolute Gasteiger partial charge is 0.195 e. The Morgan fingerprint density at radius 3 is 2.31 bits per heavy atom. The van der Waals surface area contributed by atoms with E-state index in [4.69, 9.17) is 9.05 Å². The van der Waals surface area contributed by atoms with Crippen LogP contribution in [0, 0.1) is 0 Å². The van der Waals surface area contributed by atoms with E-state index >= 15 is 0 Å². The standard InChI is InChI=1S/C20H31O3P3/c1-3-5-11-14-18(22-24)15-12-9-7-8-10-13-17-20(26-21)19(23-25)16-6-4-2/h5,7-13,15,17-18H,3-4,6,14,16,24-25H2,1-2H3/b9-7-,10-8+,11-5-,15-12+,17-13+,20-19-. The Kier molecular flexibility index (Phi) is 18.3. The predicted molar refractivity (Wildman–Crippen MR) is 120 cm³/mol. The van der Waals surface area contributed by atoms with Gasteiger partial charge in [-0.2, -0.15) is 0 Å². The fourth-order valence-electron chi connectivity index (χ4n) is 1.93. The van der Waals surface area contributed by atoms with Crippen LogP contribution < -0.4 is 0 Å².